The van der Waals surface area contributed by atoms with Crippen molar-refractivity contribution < 1.29 is 9.59 Å². The number of rotatable bonds is 4. The average Bonchev–Trinajstić information content (AvgIpc) is 2.34. The zero-order valence-electron chi connectivity index (χ0n) is 10.6. The van der Waals surface area contributed by atoms with Crippen molar-refractivity contribution in [2.75, 3.05) is 11.9 Å². The molecule has 3 N–H and O–H groups in total. The van der Waals surface area contributed by atoms with Gasteiger partial charge in [-0.05, 0) is 32.0 Å². The van der Waals surface area contributed by atoms with Gasteiger partial charge in [-0.3, -0.25) is 4.79 Å². The normalized spacial score (nSPS) is 11.6. The van der Waals surface area contributed by atoms with E-state index >= 15 is 0 Å². The molecule has 0 unspecified atom stereocenters. The van der Waals surface area contributed by atoms with E-state index in [1.165, 1.54) is 6.07 Å². The number of urea groups is 1. The van der Waals surface area contributed by atoms with Gasteiger partial charge in [0.05, 0.1) is 10.0 Å². The first-order valence-corrected chi connectivity index (χ1v) is 6.50. The minimum atomic E-state index is -0.622. The molecule has 0 heterocycles. The summed E-state index contributed by atoms with van der Waals surface area (Å²) in [7, 11) is 0. The summed E-state index contributed by atoms with van der Waals surface area (Å²) in [4.78, 5) is 23.1. The lowest BCUT2D eigenvalue weighted by Crippen LogP contribution is -2.46. The highest BCUT2D eigenvalue weighted by Gasteiger charge is 2.14. The number of hydrogen-bond acceptors (Lipinski definition) is 2. The van der Waals surface area contributed by atoms with Crippen LogP contribution in [0.25, 0.3) is 0 Å². The number of carbonyl (C=O) groups excluding carboxylic acids is 2. The van der Waals surface area contributed by atoms with E-state index in [0.717, 1.165) is 0 Å². The third-order valence-electron chi connectivity index (χ3n) is 2.27. The molecule has 1 aromatic rings. The molecule has 3 amide bonds. The van der Waals surface area contributed by atoms with Gasteiger partial charge in [-0.1, -0.05) is 23.2 Å². The monoisotopic (exact) mass is 303 g/mol. The predicted octanol–water partition coefficient (Wildman–Crippen LogP) is 2.64. The third-order valence-corrected chi connectivity index (χ3v) is 3.01. The molecule has 19 heavy (non-hydrogen) atoms. The van der Waals surface area contributed by atoms with Crippen LogP contribution in [0.2, 0.25) is 10.0 Å². The maximum atomic E-state index is 11.6. The smallest absolute Gasteiger partial charge is 0.319 e. The summed E-state index contributed by atoms with van der Waals surface area (Å²) in [6.07, 6.45) is 0. The van der Waals surface area contributed by atoms with Crippen molar-refractivity contribution in [2.45, 2.75) is 19.9 Å². The summed E-state index contributed by atoms with van der Waals surface area (Å²) in [5.74, 6) is -0.244. The molecular formula is C12H15Cl2N3O2. The SMILES string of the molecule is CCNC(=O)[C@H](C)NC(=O)Nc1ccc(Cl)c(Cl)c1. The first-order chi connectivity index (χ1) is 8.93. The summed E-state index contributed by atoms with van der Waals surface area (Å²) < 4.78 is 0. The number of carbonyl (C=O) groups is 2. The topological polar surface area (TPSA) is 70.2 Å². The molecule has 1 rings (SSSR count). The van der Waals surface area contributed by atoms with E-state index in [9.17, 15) is 9.59 Å². The van der Waals surface area contributed by atoms with Crippen LogP contribution in [0, 0.1) is 0 Å². The summed E-state index contributed by atoms with van der Waals surface area (Å²) in [5.41, 5.74) is 0.495. The van der Waals surface area contributed by atoms with Crippen LogP contribution in [0.4, 0.5) is 10.5 Å². The Morgan fingerprint density at radius 1 is 1.26 bits per heavy atom. The number of amides is 3. The second-order valence-electron chi connectivity index (χ2n) is 3.84. The highest BCUT2D eigenvalue weighted by atomic mass is 35.5. The lowest BCUT2D eigenvalue weighted by molar-refractivity contribution is -0.122. The Bertz CT molecular complexity index is 480. The molecule has 7 heteroatoms. The molecule has 0 saturated carbocycles. The number of nitrogens with one attached hydrogen (secondary N) is 3. The van der Waals surface area contributed by atoms with E-state index in [4.69, 9.17) is 23.2 Å². The minimum Gasteiger partial charge on any atom is -0.355 e. The van der Waals surface area contributed by atoms with E-state index in [1.807, 2.05) is 0 Å². The molecule has 0 spiro atoms. The molecule has 104 valence electrons. The predicted molar refractivity (Wildman–Crippen MR) is 76.8 cm³/mol. The molecule has 0 aromatic heterocycles. The van der Waals surface area contributed by atoms with Gasteiger partial charge in [-0.2, -0.15) is 0 Å². The maximum absolute atomic E-state index is 11.6. The van der Waals surface area contributed by atoms with Crippen molar-refractivity contribution in [2.24, 2.45) is 0 Å². The van der Waals surface area contributed by atoms with Crippen LogP contribution in [0.5, 0.6) is 0 Å². The number of anilines is 1. The van der Waals surface area contributed by atoms with Gasteiger partial charge in [-0.15, -0.1) is 0 Å². The van der Waals surface area contributed by atoms with E-state index in [-0.39, 0.29) is 5.91 Å². The fraction of sp³-hybridized carbons (Fsp3) is 0.333. The first kappa shape index (κ1) is 15.6. The Labute approximate surface area is 121 Å². The molecule has 1 atom stereocenters. The van der Waals surface area contributed by atoms with Crippen LogP contribution in [0.15, 0.2) is 18.2 Å². The number of halogens is 2. The van der Waals surface area contributed by atoms with E-state index < -0.39 is 12.1 Å². The molecule has 0 aliphatic carbocycles. The van der Waals surface area contributed by atoms with Crippen LogP contribution in [-0.4, -0.2) is 24.5 Å². The largest absolute Gasteiger partial charge is 0.355 e. The van der Waals surface area contributed by atoms with Crippen molar-refractivity contribution in [1.82, 2.24) is 10.6 Å². The Morgan fingerprint density at radius 2 is 1.95 bits per heavy atom. The summed E-state index contributed by atoms with van der Waals surface area (Å²) in [6, 6.07) is 3.61. The zero-order chi connectivity index (χ0) is 14.4. The summed E-state index contributed by atoms with van der Waals surface area (Å²) in [6.45, 7) is 3.92. The number of likely N-dealkylation sites (N-methyl/N-ethyl adjacent to an activating group) is 1. The van der Waals surface area contributed by atoms with Gasteiger partial charge in [0, 0.05) is 12.2 Å². The lowest BCUT2D eigenvalue weighted by atomic mass is 10.3. The molecule has 0 radical (unpaired) electrons. The van der Waals surface area contributed by atoms with Crippen molar-refractivity contribution in [1.29, 1.82) is 0 Å². The van der Waals surface area contributed by atoms with Crippen LogP contribution in [-0.2, 0) is 4.79 Å². The summed E-state index contributed by atoms with van der Waals surface area (Å²) in [5, 5.41) is 8.43. The highest BCUT2D eigenvalue weighted by molar-refractivity contribution is 6.42. The van der Waals surface area contributed by atoms with Crippen molar-refractivity contribution in [3.8, 4) is 0 Å². The van der Waals surface area contributed by atoms with Crippen LogP contribution in [0.3, 0.4) is 0 Å². The van der Waals surface area contributed by atoms with Gasteiger partial charge in [0.2, 0.25) is 5.91 Å². The molecular weight excluding hydrogens is 289 g/mol. The van der Waals surface area contributed by atoms with Crippen LogP contribution < -0.4 is 16.0 Å². The van der Waals surface area contributed by atoms with Gasteiger partial charge < -0.3 is 16.0 Å². The zero-order valence-corrected chi connectivity index (χ0v) is 12.1. The van der Waals surface area contributed by atoms with E-state index in [2.05, 4.69) is 16.0 Å². The number of hydrogen-bond donors (Lipinski definition) is 3. The van der Waals surface area contributed by atoms with Gasteiger partial charge in [0.15, 0.2) is 0 Å². The Balaban J connectivity index is 2.55. The highest BCUT2D eigenvalue weighted by Crippen LogP contribution is 2.24. The van der Waals surface area contributed by atoms with Gasteiger partial charge >= 0.3 is 6.03 Å². The lowest BCUT2D eigenvalue weighted by Gasteiger charge is -2.14. The molecule has 0 aliphatic rings. The fourth-order valence-corrected chi connectivity index (χ4v) is 1.63. The van der Waals surface area contributed by atoms with E-state index in [1.54, 1.807) is 26.0 Å². The number of benzene rings is 1. The molecule has 0 saturated heterocycles. The molecule has 5 nitrogen and oxygen atoms in total. The van der Waals surface area contributed by atoms with Gasteiger partial charge in [0.1, 0.15) is 6.04 Å². The molecule has 0 aliphatic heterocycles. The Kier molecular flexibility index (Phi) is 5.92. The van der Waals surface area contributed by atoms with Crippen LogP contribution >= 0.6 is 23.2 Å². The van der Waals surface area contributed by atoms with Crippen LogP contribution in [0.1, 0.15) is 13.8 Å². The maximum Gasteiger partial charge on any atom is 0.319 e. The standard InChI is InChI=1S/C12H15Cl2N3O2/c1-3-15-11(18)7(2)16-12(19)17-8-4-5-9(13)10(14)6-8/h4-7H,3H2,1-2H3,(H,15,18)(H2,16,17,19)/t7-/m0/s1. The molecule has 0 fully saturated rings. The molecule has 1 aromatic carbocycles. The quantitative estimate of drug-likeness (QED) is 0.800. The second kappa shape index (κ2) is 7.21. The third kappa shape index (κ3) is 4.96. The second-order valence-corrected chi connectivity index (χ2v) is 4.66. The van der Waals surface area contributed by atoms with Gasteiger partial charge in [-0.25, -0.2) is 4.79 Å². The molecule has 0 bridgehead atoms. The minimum absolute atomic E-state index is 0.244. The average molecular weight is 304 g/mol. The van der Waals surface area contributed by atoms with Crippen molar-refractivity contribution >= 4 is 40.8 Å². The van der Waals surface area contributed by atoms with Crippen molar-refractivity contribution in [3.63, 3.8) is 0 Å². The fourth-order valence-electron chi connectivity index (χ4n) is 1.33. The van der Waals surface area contributed by atoms with Crippen molar-refractivity contribution in [3.05, 3.63) is 28.2 Å². The van der Waals surface area contributed by atoms with E-state index in [0.29, 0.717) is 22.3 Å². The first-order valence-electron chi connectivity index (χ1n) is 5.74. The summed E-state index contributed by atoms with van der Waals surface area (Å²) >= 11 is 11.6. The Morgan fingerprint density at radius 3 is 2.53 bits per heavy atom. The Hall–Kier alpha value is -1.46. The van der Waals surface area contributed by atoms with Gasteiger partial charge in [0.25, 0.3) is 0 Å².